The minimum Gasteiger partial charge on any atom is -0.373 e. The Balaban J connectivity index is 2.63. The molecular formula is C9H17NO. The van der Waals surface area contributed by atoms with Crippen LogP contribution in [0.2, 0.25) is 0 Å². The molecule has 64 valence electrons. The molecule has 1 fully saturated rings. The van der Waals surface area contributed by atoms with Crippen molar-refractivity contribution in [2.24, 2.45) is 5.73 Å². The monoisotopic (exact) mass is 155 g/mol. The van der Waals surface area contributed by atoms with Gasteiger partial charge in [-0.1, -0.05) is 12.2 Å². The van der Waals surface area contributed by atoms with E-state index in [1.165, 1.54) is 0 Å². The van der Waals surface area contributed by atoms with Crippen molar-refractivity contribution in [2.45, 2.75) is 38.3 Å². The highest BCUT2D eigenvalue weighted by molar-refractivity contribution is 5.10. The van der Waals surface area contributed by atoms with E-state index in [2.05, 4.69) is 13.5 Å². The van der Waals surface area contributed by atoms with Crippen LogP contribution in [0.3, 0.4) is 0 Å². The third kappa shape index (κ3) is 1.63. The second-order valence-electron chi connectivity index (χ2n) is 3.59. The zero-order chi connectivity index (χ0) is 8.48. The molecule has 2 heteroatoms. The fourth-order valence-electron chi connectivity index (χ4n) is 1.57. The molecule has 0 aromatic rings. The summed E-state index contributed by atoms with van der Waals surface area (Å²) in [5.74, 6) is 0. The van der Waals surface area contributed by atoms with Crippen molar-refractivity contribution in [3.8, 4) is 0 Å². The average Bonchev–Trinajstić information content (AvgIpc) is 2.35. The van der Waals surface area contributed by atoms with Crippen molar-refractivity contribution >= 4 is 0 Å². The van der Waals surface area contributed by atoms with Gasteiger partial charge >= 0.3 is 0 Å². The van der Waals surface area contributed by atoms with E-state index < -0.39 is 0 Å². The molecule has 0 spiro atoms. The Morgan fingerprint density at radius 2 is 2.36 bits per heavy atom. The van der Waals surface area contributed by atoms with Crippen molar-refractivity contribution in [1.82, 2.24) is 0 Å². The van der Waals surface area contributed by atoms with Crippen molar-refractivity contribution in [2.75, 3.05) is 6.61 Å². The van der Waals surface area contributed by atoms with Gasteiger partial charge in [-0.15, -0.1) is 0 Å². The third-order valence-electron chi connectivity index (χ3n) is 2.44. The molecule has 1 heterocycles. The molecule has 0 bridgehead atoms. The lowest BCUT2D eigenvalue weighted by Gasteiger charge is -2.30. The highest BCUT2D eigenvalue weighted by Crippen LogP contribution is 2.29. The number of rotatable bonds is 2. The van der Waals surface area contributed by atoms with Gasteiger partial charge in [-0.2, -0.15) is 0 Å². The normalized spacial score (nSPS) is 33.7. The summed E-state index contributed by atoms with van der Waals surface area (Å²) >= 11 is 0. The first kappa shape index (κ1) is 8.75. The Labute approximate surface area is 68.4 Å². The van der Waals surface area contributed by atoms with Gasteiger partial charge in [-0.25, -0.2) is 0 Å². The minimum atomic E-state index is -0.147. The van der Waals surface area contributed by atoms with Crippen LogP contribution in [-0.2, 0) is 4.74 Å². The van der Waals surface area contributed by atoms with Crippen LogP contribution in [0.1, 0.15) is 26.7 Å². The zero-order valence-corrected chi connectivity index (χ0v) is 7.39. The molecule has 1 aliphatic rings. The van der Waals surface area contributed by atoms with Crippen LogP contribution in [0, 0.1) is 0 Å². The Morgan fingerprint density at radius 1 is 1.73 bits per heavy atom. The fourth-order valence-corrected chi connectivity index (χ4v) is 1.57. The Kier molecular flexibility index (Phi) is 2.35. The van der Waals surface area contributed by atoms with E-state index in [-0.39, 0.29) is 11.6 Å². The van der Waals surface area contributed by atoms with E-state index in [4.69, 9.17) is 10.5 Å². The molecule has 0 amide bonds. The Hall–Kier alpha value is -0.340. The van der Waals surface area contributed by atoms with E-state index in [0.29, 0.717) is 0 Å². The topological polar surface area (TPSA) is 35.2 Å². The molecule has 11 heavy (non-hydrogen) atoms. The van der Waals surface area contributed by atoms with Gasteiger partial charge in [-0.3, -0.25) is 0 Å². The van der Waals surface area contributed by atoms with Crippen LogP contribution >= 0.6 is 0 Å². The molecule has 0 saturated carbocycles. The van der Waals surface area contributed by atoms with Gasteiger partial charge in [0.25, 0.3) is 0 Å². The van der Waals surface area contributed by atoms with Gasteiger partial charge in [-0.05, 0) is 26.7 Å². The van der Waals surface area contributed by atoms with Crippen LogP contribution in [0.25, 0.3) is 0 Å². The summed E-state index contributed by atoms with van der Waals surface area (Å²) in [5.41, 5.74) is 6.79. The molecule has 2 nitrogen and oxygen atoms in total. The lowest BCUT2D eigenvalue weighted by molar-refractivity contribution is 0.00794. The number of ether oxygens (including phenoxy) is 1. The van der Waals surface area contributed by atoms with Crippen molar-refractivity contribution in [3.05, 3.63) is 12.2 Å². The second-order valence-corrected chi connectivity index (χ2v) is 3.59. The Morgan fingerprint density at radius 3 is 2.73 bits per heavy atom. The fraction of sp³-hybridized carbons (Fsp3) is 0.778. The lowest BCUT2D eigenvalue weighted by atomic mass is 9.90. The summed E-state index contributed by atoms with van der Waals surface area (Å²) in [7, 11) is 0. The maximum Gasteiger partial charge on any atom is 0.0843 e. The minimum absolute atomic E-state index is 0.00926. The van der Waals surface area contributed by atoms with Gasteiger partial charge in [0, 0.05) is 6.61 Å². The molecule has 1 saturated heterocycles. The van der Waals surface area contributed by atoms with Gasteiger partial charge in [0.2, 0.25) is 0 Å². The molecule has 0 radical (unpaired) electrons. The molecule has 0 aromatic heterocycles. The van der Waals surface area contributed by atoms with Crippen molar-refractivity contribution < 1.29 is 4.74 Å². The summed E-state index contributed by atoms with van der Waals surface area (Å²) in [5, 5.41) is 0. The number of hydrogen-bond donors (Lipinski definition) is 1. The van der Waals surface area contributed by atoms with Crippen molar-refractivity contribution in [1.29, 1.82) is 0 Å². The first-order valence-corrected chi connectivity index (χ1v) is 4.11. The predicted octanol–water partition coefficient (Wildman–Crippen LogP) is 1.46. The first-order chi connectivity index (χ1) is 5.06. The van der Waals surface area contributed by atoms with Crippen molar-refractivity contribution in [3.63, 3.8) is 0 Å². The molecule has 1 rings (SSSR count). The van der Waals surface area contributed by atoms with Gasteiger partial charge < -0.3 is 10.5 Å². The lowest BCUT2D eigenvalue weighted by Crippen LogP contribution is -2.45. The summed E-state index contributed by atoms with van der Waals surface area (Å²) in [6.07, 6.45) is 2.18. The van der Waals surface area contributed by atoms with Crippen LogP contribution < -0.4 is 5.73 Å². The largest absolute Gasteiger partial charge is 0.373 e. The van der Waals surface area contributed by atoms with Gasteiger partial charge in [0.15, 0.2) is 0 Å². The molecular weight excluding hydrogens is 138 g/mol. The molecule has 0 aromatic carbocycles. The SMILES string of the molecule is C=C(C)C(N)C1(C)CCCO1. The summed E-state index contributed by atoms with van der Waals surface area (Å²) in [4.78, 5) is 0. The molecule has 0 aliphatic carbocycles. The first-order valence-electron chi connectivity index (χ1n) is 4.11. The van der Waals surface area contributed by atoms with Crippen LogP contribution in [0.4, 0.5) is 0 Å². The van der Waals surface area contributed by atoms with Crippen LogP contribution in [-0.4, -0.2) is 18.2 Å². The Bertz CT molecular complexity index is 159. The number of nitrogens with two attached hydrogens (primary N) is 1. The maximum absolute atomic E-state index is 5.93. The van der Waals surface area contributed by atoms with E-state index in [9.17, 15) is 0 Å². The van der Waals surface area contributed by atoms with Gasteiger partial charge in [0.1, 0.15) is 0 Å². The standard InChI is InChI=1S/C9H17NO/c1-7(2)8(10)9(3)5-4-6-11-9/h8H,1,4-6,10H2,2-3H3. The highest BCUT2D eigenvalue weighted by atomic mass is 16.5. The van der Waals surface area contributed by atoms with Crippen LogP contribution in [0.15, 0.2) is 12.2 Å². The van der Waals surface area contributed by atoms with E-state index >= 15 is 0 Å². The van der Waals surface area contributed by atoms with E-state index in [1.807, 2.05) is 6.92 Å². The predicted molar refractivity (Wildman–Crippen MR) is 46.4 cm³/mol. The van der Waals surface area contributed by atoms with E-state index in [1.54, 1.807) is 0 Å². The van der Waals surface area contributed by atoms with Crippen LogP contribution in [0.5, 0.6) is 0 Å². The van der Waals surface area contributed by atoms with Gasteiger partial charge in [0.05, 0.1) is 11.6 Å². The molecule has 2 unspecified atom stereocenters. The zero-order valence-electron chi connectivity index (χ0n) is 7.39. The quantitative estimate of drug-likeness (QED) is 0.613. The summed E-state index contributed by atoms with van der Waals surface area (Å²) in [6, 6.07) is -0.00926. The highest BCUT2D eigenvalue weighted by Gasteiger charge is 2.36. The summed E-state index contributed by atoms with van der Waals surface area (Å²) in [6.45, 7) is 8.71. The second kappa shape index (κ2) is 2.95. The maximum atomic E-state index is 5.93. The molecule has 2 N–H and O–H groups in total. The average molecular weight is 155 g/mol. The molecule has 2 atom stereocenters. The third-order valence-corrected chi connectivity index (χ3v) is 2.44. The smallest absolute Gasteiger partial charge is 0.0843 e. The molecule has 1 aliphatic heterocycles. The number of hydrogen-bond acceptors (Lipinski definition) is 2. The summed E-state index contributed by atoms with van der Waals surface area (Å²) < 4.78 is 5.58. The van der Waals surface area contributed by atoms with E-state index in [0.717, 1.165) is 25.0 Å².